The number of carbonyl (C=O) groups is 1. The van der Waals surface area contributed by atoms with Crippen molar-refractivity contribution in [3.63, 3.8) is 0 Å². The van der Waals surface area contributed by atoms with E-state index in [0.29, 0.717) is 29.6 Å². The number of hydrogen-bond acceptors (Lipinski definition) is 6. The molecule has 0 aliphatic rings. The van der Waals surface area contributed by atoms with Gasteiger partial charge >= 0.3 is 5.97 Å². The predicted octanol–water partition coefficient (Wildman–Crippen LogP) is 5.70. The Morgan fingerprint density at radius 2 is 1.86 bits per heavy atom. The number of methoxy groups -OCH3 is 1. The second kappa shape index (κ2) is 9.56. The van der Waals surface area contributed by atoms with E-state index in [2.05, 4.69) is 43.1 Å². The smallest absolute Gasteiger partial charge is 0.338 e. The van der Waals surface area contributed by atoms with E-state index in [1.165, 1.54) is 16.9 Å². The second-order valence-corrected chi connectivity index (χ2v) is 7.65. The number of esters is 1. The van der Waals surface area contributed by atoms with Crippen molar-refractivity contribution in [3.05, 3.63) is 64.7 Å². The van der Waals surface area contributed by atoms with Crippen molar-refractivity contribution in [1.29, 1.82) is 0 Å². The first-order valence-corrected chi connectivity index (χ1v) is 10.4. The first-order chi connectivity index (χ1) is 14.0. The fourth-order valence-corrected chi connectivity index (χ4v) is 3.62. The van der Waals surface area contributed by atoms with Crippen LogP contribution in [0.4, 0.5) is 0 Å². The summed E-state index contributed by atoms with van der Waals surface area (Å²) in [7, 11) is 1.56. The lowest BCUT2D eigenvalue weighted by Crippen LogP contribution is -2.06. The third-order valence-electron chi connectivity index (χ3n) is 4.43. The molecule has 0 saturated carbocycles. The molecule has 0 fully saturated rings. The van der Waals surface area contributed by atoms with Crippen LogP contribution in [-0.2, 0) is 11.3 Å². The molecule has 0 unspecified atom stereocenters. The van der Waals surface area contributed by atoms with E-state index < -0.39 is 5.97 Å². The molecule has 1 heterocycles. The van der Waals surface area contributed by atoms with Crippen LogP contribution in [0.2, 0.25) is 0 Å². The lowest BCUT2D eigenvalue weighted by atomic mass is 10.0. The summed E-state index contributed by atoms with van der Waals surface area (Å²) in [6.45, 7) is 6.82. The van der Waals surface area contributed by atoms with Gasteiger partial charge in [-0.25, -0.2) is 9.78 Å². The molecular weight excluding hydrogens is 386 g/mol. The average Bonchev–Trinajstić information content (AvgIpc) is 3.21. The number of ether oxygens (including phenoxy) is 3. The van der Waals surface area contributed by atoms with Gasteiger partial charge in [-0.15, -0.1) is 11.3 Å². The summed E-state index contributed by atoms with van der Waals surface area (Å²) in [6.07, 6.45) is 0. The van der Waals surface area contributed by atoms with Crippen LogP contribution in [-0.4, -0.2) is 24.7 Å². The van der Waals surface area contributed by atoms with Gasteiger partial charge in [-0.3, -0.25) is 0 Å². The summed E-state index contributed by atoms with van der Waals surface area (Å²) in [4.78, 5) is 17.0. The topological polar surface area (TPSA) is 57.7 Å². The Labute approximate surface area is 175 Å². The van der Waals surface area contributed by atoms with Crippen LogP contribution in [0.15, 0.2) is 47.8 Å². The van der Waals surface area contributed by atoms with E-state index in [9.17, 15) is 4.79 Å². The summed E-state index contributed by atoms with van der Waals surface area (Å²) in [5.41, 5.74) is 3.50. The van der Waals surface area contributed by atoms with Crippen LogP contribution in [0, 0.1) is 0 Å². The highest BCUT2D eigenvalue weighted by atomic mass is 32.1. The summed E-state index contributed by atoms with van der Waals surface area (Å²) < 4.78 is 16.2. The van der Waals surface area contributed by atoms with Crippen molar-refractivity contribution < 1.29 is 19.0 Å². The Balaban J connectivity index is 1.65. The van der Waals surface area contributed by atoms with Gasteiger partial charge in [-0.2, -0.15) is 0 Å². The van der Waals surface area contributed by atoms with Gasteiger partial charge in [0.25, 0.3) is 0 Å². The van der Waals surface area contributed by atoms with Gasteiger partial charge in [0, 0.05) is 10.9 Å². The Hall–Kier alpha value is -2.86. The van der Waals surface area contributed by atoms with Crippen LogP contribution >= 0.6 is 11.3 Å². The van der Waals surface area contributed by atoms with Crippen molar-refractivity contribution in [3.8, 4) is 22.1 Å². The highest BCUT2D eigenvalue weighted by Gasteiger charge is 2.14. The Morgan fingerprint density at radius 1 is 1.10 bits per heavy atom. The number of benzene rings is 2. The molecule has 0 bridgehead atoms. The predicted molar refractivity (Wildman–Crippen MR) is 115 cm³/mol. The van der Waals surface area contributed by atoms with E-state index in [4.69, 9.17) is 14.2 Å². The third-order valence-corrected chi connectivity index (χ3v) is 5.37. The summed E-state index contributed by atoms with van der Waals surface area (Å²) in [5.74, 6) is 1.17. The minimum absolute atomic E-state index is 0.120. The Morgan fingerprint density at radius 3 is 2.52 bits per heavy atom. The molecule has 5 nitrogen and oxygen atoms in total. The number of rotatable bonds is 8. The first-order valence-electron chi connectivity index (χ1n) is 9.54. The molecule has 1 aromatic heterocycles. The number of aromatic nitrogens is 1. The van der Waals surface area contributed by atoms with Crippen LogP contribution in [0.3, 0.4) is 0 Å². The fraction of sp³-hybridized carbons (Fsp3) is 0.304. The lowest BCUT2D eigenvalue weighted by Gasteiger charge is -2.10. The molecule has 0 aliphatic heterocycles. The summed E-state index contributed by atoms with van der Waals surface area (Å²) >= 11 is 1.54. The quantitative estimate of drug-likeness (QED) is 0.445. The van der Waals surface area contributed by atoms with Crippen molar-refractivity contribution in [2.45, 2.75) is 33.3 Å². The molecule has 0 N–H and O–H groups in total. The highest BCUT2D eigenvalue weighted by Crippen LogP contribution is 2.29. The number of carbonyl (C=O) groups excluding carboxylic acids is 1. The molecule has 0 spiro atoms. The zero-order valence-electron chi connectivity index (χ0n) is 17.1. The summed E-state index contributed by atoms with van der Waals surface area (Å²) in [5, 5.41) is 2.83. The third kappa shape index (κ3) is 5.15. The molecule has 2 aromatic carbocycles. The zero-order chi connectivity index (χ0) is 20.8. The van der Waals surface area contributed by atoms with Crippen LogP contribution in [0.5, 0.6) is 11.5 Å². The SMILES string of the molecule is CCOc1cc(C(=O)OCc2csc(-c3ccc(C(C)C)cc3)n2)ccc1OC. The minimum atomic E-state index is -0.426. The second-order valence-electron chi connectivity index (χ2n) is 6.80. The van der Waals surface area contributed by atoms with Gasteiger partial charge in [0.15, 0.2) is 11.5 Å². The molecule has 0 saturated heterocycles. The fourth-order valence-electron chi connectivity index (χ4n) is 2.81. The van der Waals surface area contributed by atoms with Gasteiger partial charge in [0.2, 0.25) is 0 Å². The van der Waals surface area contributed by atoms with Gasteiger partial charge in [0.1, 0.15) is 11.6 Å². The van der Waals surface area contributed by atoms with E-state index >= 15 is 0 Å². The molecular formula is C23H25NO4S. The minimum Gasteiger partial charge on any atom is -0.493 e. The maximum atomic E-state index is 12.4. The molecule has 6 heteroatoms. The van der Waals surface area contributed by atoms with E-state index in [0.717, 1.165) is 16.3 Å². The van der Waals surface area contributed by atoms with Crippen LogP contribution in [0.1, 0.15) is 48.3 Å². The number of nitrogens with zero attached hydrogens (tertiary/aromatic N) is 1. The molecule has 29 heavy (non-hydrogen) atoms. The molecule has 3 aromatic rings. The van der Waals surface area contributed by atoms with Crippen molar-refractivity contribution >= 4 is 17.3 Å². The standard InChI is InChI=1S/C23H25NO4S/c1-5-27-21-12-18(10-11-20(21)26-4)23(25)28-13-19-14-29-22(24-19)17-8-6-16(7-9-17)15(2)3/h6-12,14-15H,5,13H2,1-4H3. The van der Waals surface area contributed by atoms with E-state index in [1.54, 1.807) is 25.3 Å². The summed E-state index contributed by atoms with van der Waals surface area (Å²) in [6, 6.07) is 13.4. The molecule has 3 rings (SSSR count). The van der Waals surface area contributed by atoms with Crippen LogP contribution in [0.25, 0.3) is 10.6 Å². The Kier molecular flexibility index (Phi) is 6.88. The van der Waals surface area contributed by atoms with E-state index in [-0.39, 0.29) is 6.61 Å². The maximum Gasteiger partial charge on any atom is 0.338 e. The molecule has 0 amide bonds. The van der Waals surface area contributed by atoms with Gasteiger partial charge in [-0.1, -0.05) is 38.1 Å². The van der Waals surface area contributed by atoms with Crippen molar-refractivity contribution in [2.24, 2.45) is 0 Å². The highest BCUT2D eigenvalue weighted by molar-refractivity contribution is 7.13. The molecule has 0 aliphatic carbocycles. The maximum absolute atomic E-state index is 12.4. The molecule has 152 valence electrons. The molecule has 0 atom stereocenters. The largest absolute Gasteiger partial charge is 0.493 e. The molecule has 0 radical (unpaired) electrons. The monoisotopic (exact) mass is 411 g/mol. The van der Waals surface area contributed by atoms with Gasteiger partial charge < -0.3 is 14.2 Å². The zero-order valence-corrected chi connectivity index (χ0v) is 17.9. The van der Waals surface area contributed by atoms with Gasteiger partial charge in [-0.05, 0) is 36.6 Å². The normalized spacial score (nSPS) is 10.8. The van der Waals surface area contributed by atoms with Gasteiger partial charge in [0.05, 0.1) is 25.0 Å². The average molecular weight is 412 g/mol. The first kappa shape index (κ1) is 20.9. The Bertz CT molecular complexity index is 963. The van der Waals surface area contributed by atoms with Crippen molar-refractivity contribution in [1.82, 2.24) is 4.98 Å². The number of thiazole rings is 1. The van der Waals surface area contributed by atoms with Crippen LogP contribution < -0.4 is 9.47 Å². The lowest BCUT2D eigenvalue weighted by molar-refractivity contribution is 0.0468. The van der Waals surface area contributed by atoms with Crippen molar-refractivity contribution in [2.75, 3.05) is 13.7 Å². The van der Waals surface area contributed by atoms with E-state index in [1.807, 2.05) is 12.3 Å². The number of hydrogen-bond donors (Lipinski definition) is 0.